The normalized spacial score (nSPS) is 10.9. The number of hydrogen-bond donors (Lipinski definition) is 2. The van der Waals surface area contributed by atoms with Crippen molar-refractivity contribution in [2.24, 2.45) is 0 Å². The van der Waals surface area contributed by atoms with E-state index in [0.29, 0.717) is 5.69 Å². The third-order valence-electron chi connectivity index (χ3n) is 3.47. The Hall–Kier alpha value is -2.96. The number of carbonyl (C=O) groups is 2. The first-order valence-corrected chi connectivity index (χ1v) is 7.46. The molecule has 25 heavy (non-hydrogen) atoms. The monoisotopic (exact) mass is 348 g/mol. The summed E-state index contributed by atoms with van der Waals surface area (Å²) in [5.41, 5.74) is 0.782. The van der Waals surface area contributed by atoms with Gasteiger partial charge >= 0.3 is 5.92 Å². The van der Waals surface area contributed by atoms with E-state index in [2.05, 4.69) is 10.6 Å². The van der Waals surface area contributed by atoms with Crippen LogP contribution in [0.1, 0.15) is 18.1 Å². The lowest BCUT2D eigenvalue weighted by molar-refractivity contribution is -0.140. The Balaban J connectivity index is 2.29. The highest BCUT2D eigenvalue weighted by Gasteiger charge is 2.41. The average molecular weight is 348 g/mol. The molecule has 0 atom stereocenters. The molecular formula is C18H18F2N2O3. The van der Waals surface area contributed by atoms with Gasteiger partial charge in [0.2, 0.25) is 5.91 Å². The van der Waals surface area contributed by atoms with E-state index in [4.69, 9.17) is 4.74 Å². The molecule has 0 aliphatic rings. The minimum absolute atomic E-state index is 0.0329. The minimum atomic E-state index is -3.72. The maximum Gasteiger partial charge on any atom is 0.350 e. The van der Waals surface area contributed by atoms with E-state index >= 15 is 0 Å². The first-order valence-electron chi connectivity index (χ1n) is 7.46. The summed E-state index contributed by atoms with van der Waals surface area (Å²) in [5.74, 6) is -5.34. The van der Waals surface area contributed by atoms with Crippen molar-refractivity contribution in [3.05, 3.63) is 53.6 Å². The molecule has 2 aromatic rings. The maximum absolute atomic E-state index is 14.4. The zero-order valence-corrected chi connectivity index (χ0v) is 14.0. The number of carbonyl (C=O) groups excluding carboxylic acids is 2. The number of nitrogens with one attached hydrogen (secondary N) is 2. The van der Waals surface area contributed by atoms with Crippen LogP contribution in [0.5, 0.6) is 5.75 Å². The maximum atomic E-state index is 14.4. The average Bonchev–Trinajstić information content (AvgIpc) is 2.55. The van der Waals surface area contributed by atoms with E-state index in [1.165, 1.54) is 56.5 Å². The van der Waals surface area contributed by atoms with Crippen molar-refractivity contribution < 1.29 is 23.1 Å². The van der Waals surface area contributed by atoms with Gasteiger partial charge in [0, 0.05) is 18.2 Å². The fourth-order valence-electron chi connectivity index (χ4n) is 2.18. The van der Waals surface area contributed by atoms with E-state index < -0.39 is 17.4 Å². The molecule has 0 fully saturated rings. The molecule has 0 saturated heterocycles. The molecule has 0 bridgehead atoms. The molecule has 2 rings (SSSR count). The van der Waals surface area contributed by atoms with Gasteiger partial charge in [0.1, 0.15) is 5.75 Å². The van der Waals surface area contributed by atoms with Crippen molar-refractivity contribution in [2.75, 3.05) is 17.7 Å². The van der Waals surface area contributed by atoms with Gasteiger partial charge in [-0.25, -0.2) is 0 Å². The molecule has 5 nitrogen and oxygen atoms in total. The number of benzene rings is 2. The summed E-state index contributed by atoms with van der Waals surface area (Å²) in [6.45, 7) is 3.08. The number of hydrogen-bond acceptors (Lipinski definition) is 3. The lowest BCUT2D eigenvalue weighted by Gasteiger charge is -2.18. The second kappa shape index (κ2) is 7.29. The number of ether oxygens (including phenoxy) is 1. The second-order valence-corrected chi connectivity index (χ2v) is 5.49. The number of methoxy groups -OCH3 is 1. The van der Waals surface area contributed by atoms with Gasteiger partial charge < -0.3 is 15.4 Å². The van der Waals surface area contributed by atoms with Crippen molar-refractivity contribution in [3.63, 3.8) is 0 Å². The van der Waals surface area contributed by atoms with Crippen molar-refractivity contribution in [1.29, 1.82) is 0 Å². The fourth-order valence-corrected chi connectivity index (χ4v) is 2.18. The lowest BCUT2D eigenvalue weighted by atomic mass is 10.1. The summed E-state index contributed by atoms with van der Waals surface area (Å²) in [5, 5.41) is 4.68. The zero-order chi connectivity index (χ0) is 18.6. The molecule has 132 valence electrons. The summed E-state index contributed by atoms with van der Waals surface area (Å²) in [6.07, 6.45) is 0. The van der Waals surface area contributed by atoms with Gasteiger partial charge in [-0.2, -0.15) is 8.78 Å². The van der Waals surface area contributed by atoms with Crippen LogP contribution >= 0.6 is 0 Å². The number of rotatable bonds is 5. The fraction of sp³-hybridized carbons (Fsp3) is 0.222. The molecule has 2 amide bonds. The standard InChI is InChI=1S/C18H18F2N2O3/c1-11-4-6-13(7-5-11)18(19,20)17(24)22-15-10-14(21-12(2)23)8-9-16(15)25-3/h4-10H,1-3H3,(H,21,23)(H,22,24). The second-order valence-electron chi connectivity index (χ2n) is 5.49. The number of alkyl halides is 2. The topological polar surface area (TPSA) is 67.4 Å². The molecule has 0 aromatic heterocycles. The van der Waals surface area contributed by atoms with Gasteiger partial charge in [-0.15, -0.1) is 0 Å². The highest BCUT2D eigenvalue weighted by molar-refractivity contribution is 5.99. The van der Waals surface area contributed by atoms with E-state index in [1.54, 1.807) is 6.92 Å². The van der Waals surface area contributed by atoms with E-state index in [0.717, 1.165) is 5.56 Å². The van der Waals surface area contributed by atoms with Crippen LogP contribution in [0.15, 0.2) is 42.5 Å². The predicted molar refractivity (Wildman–Crippen MR) is 91.0 cm³/mol. The summed E-state index contributed by atoms with van der Waals surface area (Å²) in [7, 11) is 1.35. The number of amides is 2. The first-order chi connectivity index (χ1) is 11.7. The van der Waals surface area contributed by atoms with Gasteiger partial charge in [0.25, 0.3) is 5.91 Å². The Labute approximate surface area is 144 Å². The van der Waals surface area contributed by atoms with Gasteiger partial charge in [-0.3, -0.25) is 9.59 Å². The van der Waals surface area contributed by atoms with Crippen molar-refractivity contribution in [2.45, 2.75) is 19.8 Å². The molecule has 0 aliphatic carbocycles. The predicted octanol–water partition coefficient (Wildman–Crippen LogP) is 3.69. The van der Waals surface area contributed by atoms with Crippen LogP contribution < -0.4 is 15.4 Å². The summed E-state index contributed by atoms with van der Waals surface area (Å²) < 4.78 is 33.8. The molecule has 2 N–H and O–H groups in total. The Morgan fingerprint density at radius 1 is 1.04 bits per heavy atom. The van der Waals surface area contributed by atoms with Crippen LogP contribution in [0.4, 0.5) is 20.2 Å². The molecule has 0 spiro atoms. The van der Waals surface area contributed by atoms with Crippen molar-refractivity contribution in [3.8, 4) is 5.75 Å². The van der Waals surface area contributed by atoms with E-state index in [-0.39, 0.29) is 17.3 Å². The number of anilines is 2. The zero-order valence-electron chi connectivity index (χ0n) is 14.0. The summed E-state index contributed by atoms with van der Waals surface area (Å²) in [4.78, 5) is 23.2. The Morgan fingerprint density at radius 3 is 2.24 bits per heavy atom. The Morgan fingerprint density at radius 2 is 1.68 bits per heavy atom. The van der Waals surface area contributed by atoms with Crippen LogP contribution in [0.2, 0.25) is 0 Å². The molecule has 0 unspecified atom stereocenters. The van der Waals surface area contributed by atoms with E-state index in [1.807, 2.05) is 0 Å². The lowest BCUT2D eigenvalue weighted by Crippen LogP contribution is -2.32. The number of halogens is 2. The van der Waals surface area contributed by atoms with Crippen LogP contribution in [-0.2, 0) is 15.5 Å². The molecule has 7 heteroatoms. The highest BCUT2D eigenvalue weighted by atomic mass is 19.3. The Bertz CT molecular complexity index is 789. The summed E-state index contributed by atoms with van der Waals surface area (Å²) >= 11 is 0. The van der Waals surface area contributed by atoms with Crippen molar-refractivity contribution in [1.82, 2.24) is 0 Å². The molecule has 0 aliphatic heterocycles. The van der Waals surface area contributed by atoms with Gasteiger partial charge in [-0.05, 0) is 25.1 Å². The quantitative estimate of drug-likeness (QED) is 0.866. The van der Waals surface area contributed by atoms with Gasteiger partial charge in [-0.1, -0.05) is 29.8 Å². The largest absolute Gasteiger partial charge is 0.495 e. The molecular weight excluding hydrogens is 330 g/mol. The number of aryl methyl sites for hydroxylation is 1. The van der Waals surface area contributed by atoms with Crippen LogP contribution in [-0.4, -0.2) is 18.9 Å². The third-order valence-corrected chi connectivity index (χ3v) is 3.47. The molecule has 0 saturated carbocycles. The highest BCUT2D eigenvalue weighted by Crippen LogP contribution is 2.33. The third kappa shape index (κ3) is 4.32. The molecule has 0 radical (unpaired) electrons. The summed E-state index contributed by atoms with van der Waals surface area (Å²) in [6, 6.07) is 9.78. The minimum Gasteiger partial charge on any atom is -0.495 e. The SMILES string of the molecule is COc1ccc(NC(C)=O)cc1NC(=O)C(F)(F)c1ccc(C)cc1. The van der Waals surface area contributed by atoms with Crippen LogP contribution in [0, 0.1) is 6.92 Å². The first kappa shape index (κ1) is 18.4. The van der Waals surface area contributed by atoms with Crippen LogP contribution in [0.3, 0.4) is 0 Å². The van der Waals surface area contributed by atoms with Gasteiger partial charge in [0.05, 0.1) is 12.8 Å². The molecule has 0 heterocycles. The van der Waals surface area contributed by atoms with Crippen LogP contribution in [0.25, 0.3) is 0 Å². The van der Waals surface area contributed by atoms with Crippen molar-refractivity contribution >= 4 is 23.2 Å². The Kier molecular flexibility index (Phi) is 5.36. The smallest absolute Gasteiger partial charge is 0.350 e. The van der Waals surface area contributed by atoms with Gasteiger partial charge in [0.15, 0.2) is 0 Å². The van der Waals surface area contributed by atoms with E-state index in [9.17, 15) is 18.4 Å². The molecule has 2 aromatic carbocycles.